The smallest absolute Gasteiger partial charge is 0.227 e. The van der Waals surface area contributed by atoms with Gasteiger partial charge in [0.15, 0.2) is 0 Å². The van der Waals surface area contributed by atoms with E-state index >= 15 is 0 Å². The van der Waals surface area contributed by atoms with E-state index in [0.29, 0.717) is 29.7 Å². The zero-order valence-corrected chi connectivity index (χ0v) is 13.2. The van der Waals surface area contributed by atoms with Gasteiger partial charge in [0.25, 0.3) is 0 Å². The van der Waals surface area contributed by atoms with Crippen LogP contribution in [0.15, 0.2) is 18.2 Å². The highest BCUT2D eigenvalue weighted by molar-refractivity contribution is 6.35. The number of ether oxygens (including phenoxy) is 1. The molecule has 1 heterocycles. The first-order chi connectivity index (χ1) is 10.1. The number of hydrogen-bond donors (Lipinski definition) is 1. The Morgan fingerprint density at radius 3 is 2.67 bits per heavy atom. The van der Waals surface area contributed by atoms with Crippen LogP contribution in [0, 0.1) is 0 Å². The van der Waals surface area contributed by atoms with Gasteiger partial charge in [-0.1, -0.05) is 29.3 Å². The predicted octanol–water partition coefficient (Wildman–Crippen LogP) is 2.54. The Bertz CT molecular complexity index is 488. The molecule has 1 amide bonds. The van der Waals surface area contributed by atoms with E-state index in [9.17, 15) is 4.79 Å². The summed E-state index contributed by atoms with van der Waals surface area (Å²) < 4.78 is 5.49. The van der Waals surface area contributed by atoms with Gasteiger partial charge in [-0.05, 0) is 30.5 Å². The highest BCUT2D eigenvalue weighted by Gasteiger charge is 2.23. The lowest BCUT2D eigenvalue weighted by Crippen LogP contribution is -2.41. The summed E-state index contributed by atoms with van der Waals surface area (Å²) >= 11 is 11.9. The Balaban J connectivity index is 1.84. The summed E-state index contributed by atoms with van der Waals surface area (Å²) in [6, 6.07) is 5.19. The van der Waals surface area contributed by atoms with Crippen LogP contribution in [-0.2, 0) is 16.0 Å². The molecule has 0 bridgehead atoms. The molecule has 6 heteroatoms. The first kappa shape index (κ1) is 16.6. The van der Waals surface area contributed by atoms with Gasteiger partial charge in [-0.15, -0.1) is 0 Å². The number of likely N-dealkylation sites (tertiary alicyclic amines) is 1. The van der Waals surface area contributed by atoms with Gasteiger partial charge in [-0.25, -0.2) is 0 Å². The normalized spacial score (nSPS) is 16.2. The second-order valence-corrected chi connectivity index (χ2v) is 5.93. The summed E-state index contributed by atoms with van der Waals surface area (Å²) in [7, 11) is 0. The molecular weight excluding hydrogens is 313 g/mol. The van der Waals surface area contributed by atoms with Crippen molar-refractivity contribution in [2.45, 2.75) is 25.4 Å². The molecule has 0 spiro atoms. The molecule has 1 aliphatic rings. The second kappa shape index (κ2) is 7.99. The SMILES string of the molecule is O=C(Cc1ccc(Cl)cc1Cl)N1CCC(OCCO)CC1. The molecule has 4 nitrogen and oxygen atoms in total. The van der Waals surface area contributed by atoms with Gasteiger partial charge >= 0.3 is 0 Å². The maximum atomic E-state index is 12.3. The number of benzene rings is 1. The van der Waals surface area contributed by atoms with Crippen LogP contribution in [-0.4, -0.2) is 48.3 Å². The van der Waals surface area contributed by atoms with E-state index in [1.165, 1.54) is 0 Å². The van der Waals surface area contributed by atoms with Crippen LogP contribution in [0.2, 0.25) is 10.0 Å². The number of carbonyl (C=O) groups is 1. The lowest BCUT2D eigenvalue weighted by molar-refractivity contribution is -0.133. The molecule has 0 radical (unpaired) electrons. The molecule has 1 fully saturated rings. The molecule has 0 aliphatic carbocycles. The van der Waals surface area contributed by atoms with E-state index < -0.39 is 0 Å². The summed E-state index contributed by atoms with van der Waals surface area (Å²) in [5.74, 6) is 0.0693. The summed E-state index contributed by atoms with van der Waals surface area (Å²) in [4.78, 5) is 14.1. The van der Waals surface area contributed by atoms with Crippen LogP contribution in [0.1, 0.15) is 18.4 Å². The van der Waals surface area contributed by atoms with Crippen molar-refractivity contribution < 1.29 is 14.6 Å². The average Bonchev–Trinajstić information content (AvgIpc) is 2.48. The number of rotatable bonds is 5. The maximum absolute atomic E-state index is 12.3. The molecule has 1 aromatic carbocycles. The second-order valence-electron chi connectivity index (χ2n) is 5.09. The minimum atomic E-state index is 0.0359. The van der Waals surface area contributed by atoms with Crippen molar-refractivity contribution in [3.63, 3.8) is 0 Å². The Kier molecular flexibility index (Phi) is 6.30. The van der Waals surface area contributed by atoms with Crippen LogP contribution in [0.4, 0.5) is 0 Å². The van der Waals surface area contributed by atoms with Crippen molar-refractivity contribution in [2.24, 2.45) is 0 Å². The van der Waals surface area contributed by atoms with Gasteiger partial charge in [0.05, 0.1) is 25.7 Å². The zero-order valence-electron chi connectivity index (χ0n) is 11.7. The van der Waals surface area contributed by atoms with Crippen LogP contribution in [0.25, 0.3) is 0 Å². The number of aliphatic hydroxyl groups is 1. The molecule has 0 atom stereocenters. The van der Waals surface area contributed by atoms with E-state index in [0.717, 1.165) is 18.4 Å². The molecule has 1 aromatic rings. The van der Waals surface area contributed by atoms with E-state index in [-0.39, 0.29) is 25.0 Å². The van der Waals surface area contributed by atoms with Crippen LogP contribution in [0.3, 0.4) is 0 Å². The van der Waals surface area contributed by atoms with Crippen molar-refractivity contribution in [3.05, 3.63) is 33.8 Å². The number of halogens is 2. The lowest BCUT2D eigenvalue weighted by atomic mass is 10.1. The molecule has 1 saturated heterocycles. The summed E-state index contributed by atoms with van der Waals surface area (Å²) in [5.41, 5.74) is 0.796. The highest BCUT2D eigenvalue weighted by atomic mass is 35.5. The van der Waals surface area contributed by atoms with Crippen molar-refractivity contribution in [3.8, 4) is 0 Å². The number of aliphatic hydroxyl groups excluding tert-OH is 1. The van der Waals surface area contributed by atoms with Crippen molar-refractivity contribution >= 4 is 29.1 Å². The van der Waals surface area contributed by atoms with Crippen molar-refractivity contribution in [2.75, 3.05) is 26.3 Å². The zero-order chi connectivity index (χ0) is 15.2. The molecule has 1 aliphatic heterocycles. The monoisotopic (exact) mass is 331 g/mol. The molecule has 2 rings (SSSR count). The Hall–Kier alpha value is -0.810. The number of piperidine rings is 1. The highest BCUT2D eigenvalue weighted by Crippen LogP contribution is 2.22. The summed E-state index contributed by atoms with van der Waals surface area (Å²) in [6.45, 7) is 1.76. The van der Waals surface area contributed by atoms with Gasteiger partial charge in [0, 0.05) is 23.1 Å². The largest absolute Gasteiger partial charge is 0.394 e. The fourth-order valence-electron chi connectivity index (χ4n) is 2.43. The fourth-order valence-corrected chi connectivity index (χ4v) is 2.91. The lowest BCUT2D eigenvalue weighted by Gasteiger charge is -2.32. The molecule has 0 aromatic heterocycles. The van der Waals surface area contributed by atoms with Gasteiger partial charge < -0.3 is 14.7 Å². The summed E-state index contributed by atoms with van der Waals surface area (Å²) in [5, 5.41) is 9.83. The Morgan fingerprint density at radius 1 is 1.33 bits per heavy atom. The van der Waals surface area contributed by atoms with E-state index in [2.05, 4.69) is 0 Å². The molecule has 0 unspecified atom stereocenters. The topological polar surface area (TPSA) is 49.8 Å². The predicted molar refractivity (Wildman–Crippen MR) is 82.8 cm³/mol. The van der Waals surface area contributed by atoms with E-state index in [4.69, 9.17) is 33.0 Å². The Labute approximate surface area is 134 Å². The van der Waals surface area contributed by atoms with Crippen LogP contribution in [0.5, 0.6) is 0 Å². The standard InChI is InChI=1S/C15H19Cl2NO3/c16-12-2-1-11(14(17)10-12)9-15(20)18-5-3-13(4-6-18)21-8-7-19/h1-2,10,13,19H,3-9H2. The van der Waals surface area contributed by atoms with Gasteiger partial charge in [-0.3, -0.25) is 4.79 Å². The average molecular weight is 332 g/mol. The number of hydrogen-bond acceptors (Lipinski definition) is 3. The van der Waals surface area contributed by atoms with Crippen LogP contribution < -0.4 is 0 Å². The van der Waals surface area contributed by atoms with E-state index in [1.807, 2.05) is 4.90 Å². The van der Waals surface area contributed by atoms with Crippen molar-refractivity contribution in [1.29, 1.82) is 0 Å². The quantitative estimate of drug-likeness (QED) is 0.901. The molecule has 21 heavy (non-hydrogen) atoms. The molecule has 1 N–H and O–H groups in total. The van der Waals surface area contributed by atoms with Gasteiger partial charge in [0.2, 0.25) is 5.91 Å². The van der Waals surface area contributed by atoms with Crippen LogP contribution >= 0.6 is 23.2 Å². The first-order valence-corrected chi connectivity index (χ1v) is 7.80. The number of carbonyl (C=O) groups excluding carboxylic acids is 1. The first-order valence-electron chi connectivity index (χ1n) is 7.04. The third-order valence-electron chi connectivity index (χ3n) is 3.60. The summed E-state index contributed by atoms with van der Waals surface area (Å²) in [6.07, 6.45) is 2.04. The molecule has 0 saturated carbocycles. The van der Waals surface area contributed by atoms with Crippen molar-refractivity contribution in [1.82, 2.24) is 4.90 Å². The van der Waals surface area contributed by atoms with Gasteiger partial charge in [0.1, 0.15) is 0 Å². The van der Waals surface area contributed by atoms with E-state index in [1.54, 1.807) is 18.2 Å². The maximum Gasteiger partial charge on any atom is 0.227 e. The minimum absolute atomic E-state index is 0.0359. The van der Waals surface area contributed by atoms with Gasteiger partial charge in [-0.2, -0.15) is 0 Å². The Morgan fingerprint density at radius 2 is 2.05 bits per heavy atom. The molecule has 116 valence electrons. The minimum Gasteiger partial charge on any atom is -0.394 e. The number of nitrogens with zero attached hydrogens (tertiary/aromatic N) is 1. The third kappa shape index (κ3) is 4.85. The number of amides is 1. The third-order valence-corrected chi connectivity index (χ3v) is 4.18. The fraction of sp³-hybridized carbons (Fsp3) is 0.533. The molecular formula is C15H19Cl2NO3.